The van der Waals surface area contributed by atoms with Gasteiger partial charge in [-0.3, -0.25) is 4.79 Å². The Balaban J connectivity index is 2.17. The van der Waals surface area contributed by atoms with Crippen LogP contribution in [0.3, 0.4) is 0 Å². The van der Waals surface area contributed by atoms with Crippen molar-refractivity contribution in [2.75, 3.05) is 11.9 Å². The third-order valence-corrected chi connectivity index (χ3v) is 3.70. The van der Waals surface area contributed by atoms with Crippen molar-refractivity contribution in [3.8, 4) is 0 Å². The fourth-order valence-electron chi connectivity index (χ4n) is 2.00. The van der Waals surface area contributed by atoms with E-state index in [-0.39, 0.29) is 5.91 Å². The van der Waals surface area contributed by atoms with E-state index in [1.165, 1.54) is 5.56 Å². The van der Waals surface area contributed by atoms with Gasteiger partial charge in [0, 0.05) is 24.2 Å². The number of carbonyl (C=O) groups excluding carboxylic acids is 1. The van der Waals surface area contributed by atoms with Crippen LogP contribution in [0.1, 0.15) is 28.4 Å². The monoisotopic (exact) mass is 287 g/mol. The molecule has 20 heavy (non-hydrogen) atoms. The van der Waals surface area contributed by atoms with Gasteiger partial charge in [0.15, 0.2) is 0 Å². The normalized spacial score (nSPS) is 10.3. The van der Waals surface area contributed by atoms with E-state index in [4.69, 9.17) is 11.6 Å². The summed E-state index contributed by atoms with van der Waals surface area (Å²) in [5.41, 5.74) is 3.84. The molecule has 0 N–H and O–H groups in total. The predicted molar refractivity (Wildman–Crippen MR) is 84.6 cm³/mol. The van der Waals surface area contributed by atoms with E-state index in [9.17, 15) is 4.79 Å². The number of halogens is 1. The number of hydrogen-bond acceptors (Lipinski definition) is 1. The van der Waals surface area contributed by atoms with Crippen LogP contribution in [0.25, 0.3) is 0 Å². The number of anilines is 1. The molecule has 0 saturated heterocycles. The van der Waals surface area contributed by atoms with Crippen molar-refractivity contribution < 1.29 is 4.79 Å². The lowest BCUT2D eigenvalue weighted by Gasteiger charge is -2.18. The molecule has 0 aliphatic heterocycles. The zero-order valence-electron chi connectivity index (χ0n) is 11.8. The standard InChI is InChI=1S/C17H18ClNO/c1-3-13-6-10-16(11-7-13)19(2)17(20)15-8-4-14(12-18)5-9-15/h4-11H,3,12H2,1-2H3. The predicted octanol–water partition coefficient (Wildman–Crippen LogP) is 4.26. The molecule has 2 aromatic rings. The van der Waals surface area contributed by atoms with E-state index < -0.39 is 0 Å². The van der Waals surface area contributed by atoms with Crippen LogP contribution in [-0.2, 0) is 12.3 Å². The molecule has 0 saturated carbocycles. The van der Waals surface area contributed by atoms with Gasteiger partial charge in [0.2, 0.25) is 0 Å². The third-order valence-electron chi connectivity index (χ3n) is 3.39. The van der Waals surface area contributed by atoms with Crippen LogP contribution < -0.4 is 4.90 Å². The second-order valence-corrected chi connectivity index (χ2v) is 4.98. The smallest absolute Gasteiger partial charge is 0.258 e. The average Bonchev–Trinajstić information content (AvgIpc) is 2.53. The molecule has 0 aliphatic carbocycles. The summed E-state index contributed by atoms with van der Waals surface area (Å²) in [7, 11) is 1.79. The fourth-order valence-corrected chi connectivity index (χ4v) is 2.18. The number of benzene rings is 2. The number of aryl methyl sites for hydroxylation is 1. The van der Waals surface area contributed by atoms with Gasteiger partial charge in [-0.05, 0) is 41.8 Å². The van der Waals surface area contributed by atoms with Gasteiger partial charge in [0.1, 0.15) is 0 Å². The van der Waals surface area contributed by atoms with Gasteiger partial charge in [0.05, 0.1) is 0 Å². The van der Waals surface area contributed by atoms with Crippen molar-refractivity contribution in [2.45, 2.75) is 19.2 Å². The molecule has 1 amide bonds. The molecule has 3 heteroatoms. The third kappa shape index (κ3) is 3.20. The lowest BCUT2D eigenvalue weighted by atomic mass is 10.1. The summed E-state index contributed by atoms with van der Waals surface area (Å²) in [5, 5.41) is 0. The summed E-state index contributed by atoms with van der Waals surface area (Å²) >= 11 is 5.75. The van der Waals surface area contributed by atoms with E-state index in [0.717, 1.165) is 17.7 Å². The number of rotatable bonds is 4. The highest BCUT2D eigenvalue weighted by atomic mass is 35.5. The minimum Gasteiger partial charge on any atom is -0.311 e. The molecular weight excluding hydrogens is 270 g/mol. The molecule has 2 rings (SSSR count). The van der Waals surface area contributed by atoms with E-state index >= 15 is 0 Å². The van der Waals surface area contributed by atoms with Crippen LogP contribution in [0, 0.1) is 0 Å². The maximum absolute atomic E-state index is 12.4. The topological polar surface area (TPSA) is 20.3 Å². The van der Waals surface area contributed by atoms with Crippen molar-refractivity contribution in [3.05, 3.63) is 65.2 Å². The van der Waals surface area contributed by atoms with Gasteiger partial charge in [-0.25, -0.2) is 0 Å². The average molecular weight is 288 g/mol. The summed E-state index contributed by atoms with van der Waals surface area (Å²) < 4.78 is 0. The van der Waals surface area contributed by atoms with Crippen LogP contribution in [-0.4, -0.2) is 13.0 Å². The Kier molecular flexibility index (Phi) is 4.80. The highest BCUT2D eigenvalue weighted by molar-refractivity contribution is 6.17. The van der Waals surface area contributed by atoms with E-state index in [0.29, 0.717) is 11.4 Å². The lowest BCUT2D eigenvalue weighted by molar-refractivity contribution is 0.0993. The van der Waals surface area contributed by atoms with Gasteiger partial charge >= 0.3 is 0 Å². The molecule has 0 unspecified atom stereocenters. The number of carbonyl (C=O) groups is 1. The highest BCUT2D eigenvalue weighted by Gasteiger charge is 2.13. The number of amides is 1. The number of alkyl halides is 1. The van der Waals surface area contributed by atoms with E-state index in [2.05, 4.69) is 19.1 Å². The Labute approximate surface area is 125 Å². The SMILES string of the molecule is CCc1ccc(N(C)C(=O)c2ccc(CCl)cc2)cc1. The van der Waals surface area contributed by atoms with E-state index in [1.807, 2.05) is 36.4 Å². The summed E-state index contributed by atoms with van der Waals surface area (Å²) in [6, 6.07) is 15.5. The van der Waals surface area contributed by atoms with E-state index in [1.54, 1.807) is 11.9 Å². The van der Waals surface area contributed by atoms with Crippen LogP contribution in [0.2, 0.25) is 0 Å². The first kappa shape index (κ1) is 14.6. The van der Waals surface area contributed by atoms with Crippen LogP contribution >= 0.6 is 11.6 Å². The Hall–Kier alpha value is -1.80. The van der Waals surface area contributed by atoms with Crippen molar-refractivity contribution in [3.63, 3.8) is 0 Å². The summed E-state index contributed by atoms with van der Waals surface area (Å²) in [5.74, 6) is 0.443. The second kappa shape index (κ2) is 6.58. The Morgan fingerprint density at radius 1 is 1.00 bits per heavy atom. The maximum atomic E-state index is 12.4. The summed E-state index contributed by atoms with van der Waals surface area (Å²) in [6.07, 6.45) is 0.998. The Morgan fingerprint density at radius 3 is 2.05 bits per heavy atom. The Bertz CT molecular complexity index is 575. The molecule has 0 radical (unpaired) electrons. The largest absolute Gasteiger partial charge is 0.311 e. The van der Waals surface area contributed by atoms with Crippen LogP contribution in [0.4, 0.5) is 5.69 Å². The van der Waals surface area contributed by atoms with Crippen LogP contribution in [0.5, 0.6) is 0 Å². The zero-order valence-corrected chi connectivity index (χ0v) is 12.5. The quantitative estimate of drug-likeness (QED) is 0.769. The molecule has 0 spiro atoms. The molecule has 2 aromatic carbocycles. The minimum absolute atomic E-state index is 0.0182. The van der Waals surface area contributed by atoms with Gasteiger partial charge in [-0.15, -0.1) is 11.6 Å². The first-order valence-electron chi connectivity index (χ1n) is 6.67. The van der Waals surface area contributed by atoms with Crippen molar-refractivity contribution >= 4 is 23.2 Å². The Morgan fingerprint density at radius 2 is 1.55 bits per heavy atom. The van der Waals surface area contributed by atoms with Gasteiger partial charge < -0.3 is 4.90 Å². The van der Waals surface area contributed by atoms with Crippen LogP contribution in [0.15, 0.2) is 48.5 Å². The maximum Gasteiger partial charge on any atom is 0.258 e. The second-order valence-electron chi connectivity index (χ2n) is 4.71. The van der Waals surface area contributed by atoms with Gasteiger partial charge in [0.25, 0.3) is 5.91 Å². The number of hydrogen-bond donors (Lipinski definition) is 0. The lowest BCUT2D eigenvalue weighted by Crippen LogP contribution is -2.26. The molecule has 0 fully saturated rings. The summed E-state index contributed by atoms with van der Waals surface area (Å²) in [4.78, 5) is 14.1. The summed E-state index contributed by atoms with van der Waals surface area (Å²) in [6.45, 7) is 2.11. The molecular formula is C17H18ClNO. The molecule has 0 aromatic heterocycles. The first-order valence-corrected chi connectivity index (χ1v) is 7.21. The zero-order chi connectivity index (χ0) is 14.5. The molecule has 0 aliphatic rings. The fraction of sp³-hybridized carbons (Fsp3) is 0.235. The minimum atomic E-state index is -0.0182. The van der Waals surface area contributed by atoms with Crippen molar-refractivity contribution in [1.29, 1.82) is 0 Å². The highest BCUT2D eigenvalue weighted by Crippen LogP contribution is 2.17. The molecule has 0 atom stereocenters. The van der Waals surface area contributed by atoms with Crippen molar-refractivity contribution in [2.24, 2.45) is 0 Å². The molecule has 104 valence electrons. The van der Waals surface area contributed by atoms with Gasteiger partial charge in [-0.1, -0.05) is 31.2 Å². The molecule has 0 heterocycles. The van der Waals surface area contributed by atoms with Gasteiger partial charge in [-0.2, -0.15) is 0 Å². The first-order chi connectivity index (χ1) is 9.65. The van der Waals surface area contributed by atoms with Crippen molar-refractivity contribution in [1.82, 2.24) is 0 Å². The molecule has 0 bridgehead atoms. The number of nitrogens with zero attached hydrogens (tertiary/aromatic N) is 1. The molecule has 2 nitrogen and oxygen atoms in total.